The average Bonchev–Trinajstić information content (AvgIpc) is 3.36. The van der Waals surface area contributed by atoms with Gasteiger partial charge in [-0.3, -0.25) is 9.89 Å². The fourth-order valence-electron chi connectivity index (χ4n) is 3.47. The molecule has 6 nitrogen and oxygen atoms in total. The van der Waals surface area contributed by atoms with Gasteiger partial charge in [0.2, 0.25) is 0 Å². The molecule has 4 rings (SSSR count). The van der Waals surface area contributed by atoms with Gasteiger partial charge in [-0.2, -0.15) is 5.10 Å². The molecule has 0 bridgehead atoms. The van der Waals surface area contributed by atoms with E-state index in [1.54, 1.807) is 13.2 Å². The minimum absolute atomic E-state index is 0.153. The molecule has 132 valence electrons. The Morgan fingerprint density at radius 3 is 2.81 bits per heavy atom. The molecule has 6 heteroatoms. The van der Waals surface area contributed by atoms with E-state index in [9.17, 15) is 4.79 Å². The highest BCUT2D eigenvalue weighted by molar-refractivity contribution is 6.00. The Hall–Kier alpha value is -3.15. The smallest absolute Gasteiger partial charge is 0.252 e. The van der Waals surface area contributed by atoms with Crippen LogP contribution in [0.4, 0.5) is 0 Å². The lowest BCUT2D eigenvalue weighted by Gasteiger charge is -2.13. The summed E-state index contributed by atoms with van der Waals surface area (Å²) in [6.07, 6.45) is 4.80. The zero-order valence-electron chi connectivity index (χ0n) is 14.6. The van der Waals surface area contributed by atoms with E-state index < -0.39 is 0 Å². The van der Waals surface area contributed by atoms with E-state index >= 15 is 0 Å². The van der Waals surface area contributed by atoms with Gasteiger partial charge in [-0.15, -0.1) is 0 Å². The molecule has 1 heterocycles. The Bertz CT molecular complexity index is 935. The second-order valence-electron chi connectivity index (χ2n) is 6.35. The molecule has 0 aliphatic heterocycles. The third kappa shape index (κ3) is 3.06. The summed E-state index contributed by atoms with van der Waals surface area (Å²) in [5.74, 6) is 1.25. The molecule has 0 saturated carbocycles. The summed E-state index contributed by atoms with van der Waals surface area (Å²) in [5.41, 5.74) is 5.00. The van der Waals surface area contributed by atoms with E-state index in [1.807, 2.05) is 18.2 Å². The number of fused-ring (bicyclic) bond motifs is 1. The quantitative estimate of drug-likeness (QED) is 0.743. The van der Waals surface area contributed by atoms with Gasteiger partial charge in [0.05, 0.1) is 12.7 Å². The molecule has 2 aromatic carbocycles. The van der Waals surface area contributed by atoms with E-state index in [0.29, 0.717) is 17.9 Å². The summed E-state index contributed by atoms with van der Waals surface area (Å²) >= 11 is 0. The van der Waals surface area contributed by atoms with Crippen molar-refractivity contribution in [1.82, 2.24) is 20.5 Å². The molecule has 1 aliphatic rings. The number of H-pyrrole nitrogens is 1. The summed E-state index contributed by atoms with van der Waals surface area (Å²) < 4.78 is 5.52. The Balaban J connectivity index is 1.56. The molecule has 1 aliphatic carbocycles. The number of hydrogen-bond acceptors (Lipinski definition) is 4. The lowest BCUT2D eigenvalue weighted by atomic mass is 10.0. The van der Waals surface area contributed by atoms with Crippen LogP contribution in [-0.4, -0.2) is 28.2 Å². The first-order chi connectivity index (χ1) is 12.8. The van der Waals surface area contributed by atoms with Gasteiger partial charge in [0.1, 0.15) is 12.1 Å². The van der Waals surface area contributed by atoms with Crippen LogP contribution < -0.4 is 10.1 Å². The molecule has 0 radical (unpaired) electrons. The average molecular weight is 348 g/mol. The van der Waals surface area contributed by atoms with E-state index in [2.05, 4.69) is 32.6 Å². The van der Waals surface area contributed by atoms with Crippen LogP contribution in [0.1, 0.15) is 33.5 Å². The number of carbonyl (C=O) groups is 1. The number of nitrogens with one attached hydrogen (secondary N) is 2. The van der Waals surface area contributed by atoms with Crippen molar-refractivity contribution in [3.8, 4) is 17.1 Å². The van der Waals surface area contributed by atoms with Crippen molar-refractivity contribution in [1.29, 1.82) is 0 Å². The number of nitrogens with zero attached hydrogens (tertiary/aromatic N) is 2. The zero-order chi connectivity index (χ0) is 17.9. The first-order valence-corrected chi connectivity index (χ1v) is 8.68. The predicted molar refractivity (Wildman–Crippen MR) is 98.0 cm³/mol. The molecule has 0 spiro atoms. The van der Waals surface area contributed by atoms with Crippen molar-refractivity contribution in [2.24, 2.45) is 0 Å². The summed E-state index contributed by atoms with van der Waals surface area (Å²) in [6.45, 7) is 0.417. The minimum Gasteiger partial charge on any atom is -0.496 e. The van der Waals surface area contributed by atoms with E-state index in [0.717, 1.165) is 29.7 Å². The van der Waals surface area contributed by atoms with E-state index in [1.165, 1.54) is 23.9 Å². The van der Waals surface area contributed by atoms with Crippen molar-refractivity contribution < 1.29 is 9.53 Å². The third-order valence-corrected chi connectivity index (χ3v) is 4.78. The van der Waals surface area contributed by atoms with Crippen LogP contribution >= 0.6 is 0 Å². The normalized spacial score (nSPS) is 12.7. The second-order valence-corrected chi connectivity index (χ2v) is 6.35. The summed E-state index contributed by atoms with van der Waals surface area (Å²) in [4.78, 5) is 16.9. The van der Waals surface area contributed by atoms with Crippen LogP contribution in [0.15, 0.2) is 42.7 Å². The minimum atomic E-state index is -0.153. The number of benzene rings is 2. The highest BCUT2D eigenvalue weighted by Gasteiger charge is 2.17. The van der Waals surface area contributed by atoms with E-state index in [-0.39, 0.29) is 5.91 Å². The number of carbonyl (C=O) groups excluding carboxylic acids is 1. The Labute approximate surface area is 151 Å². The first kappa shape index (κ1) is 16.3. The van der Waals surface area contributed by atoms with Crippen molar-refractivity contribution in [2.45, 2.75) is 25.8 Å². The number of methoxy groups -OCH3 is 1. The zero-order valence-corrected chi connectivity index (χ0v) is 14.6. The van der Waals surface area contributed by atoms with Gasteiger partial charge >= 0.3 is 0 Å². The van der Waals surface area contributed by atoms with Gasteiger partial charge in [-0.05, 0) is 42.5 Å². The molecule has 3 aromatic rings. The van der Waals surface area contributed by atoms with Crippen LogP contribution in [0.5, 0.6) is 5.75 Å². The molecular weight excluding hydrogens is 328 g/mol. The summed E-state index contributed by atoms with van der Waals surface area (Å²) in [5, 5.41) is 9.67. The van der Waals surface area contributed by atoms with Gasteiger partial charge in [0.25, 0.3) is 5.91 Å². The number of ether oxygens (including phenoxy) is 1. The second kappa shape index (κ2) is 7.00. The third-order valence-electron chi connectivity index (χ3n) is 4.78. The van der Waals surface area contributed by atoms with Gasteiger partial charge in [0, 0.05) is 17.7 Å². The van der Waals surface area contributed by atoms with E-state index in [4.69, 9.17) is 4.74 Å². The van der Waals surface area contributed by atoms with Crippen molar-refractivity contribution in [3.63, 3.8) is 0 Å². The number of aryl methyl sites for hydroxylation is 2. The summed E-state index contributed by atoms with van der Waals surface area (Å²) in [6, 6.07) is 11.6. The maximum Gasteiger partial charge on any atom is 0.252 e. The first-order valence-electron chi connectivity index (χ1n) is 8.68. The molecule has 26 heavy (non-hydrogen) atoms. The predicted octanol–water partition coefficient (Wildman–Crippen LogP) is 2.90. The molecule has 0 unspecified atom stereocenters. The molecule has 2 N–H and O–H groups in total. The summed E-state index contributed by atoms with van der Waals surface area (Å²) in [7, 11) is 1.67. The number of aromatic nitrogens is 3. The largest absolute Gasteiger partial charge is 0.496 e. The molecule has 0 saturated heterocycles. The topological polar surface area (TPSA) is 79.9 Å². The van der Waals surface area contributed by atoms with Gasteiger partial charge < -0.3 is 10.1 Å². The van der Waals surface area contributed by atoms with Crippen molar-refractivity contribution >= 4 is 5.91 Å². The number of hydrogen-bond donors (Lipinski definition) is 2. The van der Waals surface area contributed by atoms with Crippen LogP contribution in [0.25, 0.3) is 11.4 Å². The van der Waals surface area contributed by atoms with Gasteiger partial charge in [0.15, 0.2) is 5.82 Å². The molecular formula is C20H20N4O2. The Morgan fingerprint density at radius 1 is 1.23 bits per heavy atom. The maximum atomic E-state index is 12.8. The highest BCUT2D eigenvalue weighted by atomic mass is 16.5. The van der Waals surface area contributed by atoms with Crippen LogP contribution in [0, 0.1) is 0 Å². The molecule has 1 aromatic heterocycles. The van der Waals surface area contributed by atoms with Gasteiger partial charge in [-0.25, -0.2) is 4.98 Å². The molecule has 0 fully saturated rings. The number of rotatable bonds is 5. The Kier molecular flexibility index (Phi) is 4.39. The maximum absolute atomic E-state index is 12.8. The number of amides is 1. The van der Waals surface area contributed by atoms with Crippen molar-refractivity contribution in [3.05, 3.63) is 65.0 Å². The SMILES string of the molecule is COc1cc2c(cc1CNC(=O)c1ccccc1-c1ncn[nH]1)CCC2. The lowest BCUT2D eigenvalue weighted by molar-refractivity contribution is 0.0951. The Morgan fingerprint density at radius 2 is 2.04 bits per heavy atom. The fourth-order valence-corrected chi connectivity index (χ4v) is 3.47. The fraction of sp³-hybridized carbons (Fsp3) is 0.250. The monoisotopic (exact) mass is 348 g/mol. The van der Waals surface area contributed by atoms with Crippen LogP contribution in [0.2, 0.25) is 0 Å². The van der Waals surface area contributed by atoms with Crippen molar-refractivity contribution in [2.75, 3.05) is 7.11 Å². The number of aromatic amines is 1. The van der Waals surface area contributed by atoms with Gasteiger partial charge in [-0.1, -0.05) is 24.3 Å². The molecule has 1 amide bonds. The van der Waals surface area contributed by atoms with Crippen LogP contribution in [0.3, 0.4) is 0 Å². The standard InChI is InChI=1S/C20H20N4O2/c1-26-18-10-14-6-4-5-13(14)9-15(18)11-21-20(25)17-8-3-2-7-16(17)19-22-12-23-24-19/h2-3,7-10,12H,4-6,11H2,1H3,(H,21,25)(H,22,23,24). The lowest BCUT2D eigenvalue weighted by Crippen LogP contribution is -2.24. The van der Waals surface area contributed by atoms with Crippen LogP contribution in [-0.2, 0) is 19.4 Å². The highest BCUT2D eigenvalue weighted by Crippen LogP contribution is 2.30. The molecule has 0 atom stereocenters.